The number of hydrazone groups is 1. The third kappa shape index (κ3) is 2.85. The van der Waals surface area contributed by atoms with E-state index in [9.17, 15) is 5.11 Å². The summed E-state index contributed by atoms with van der Waals surface area (Å²) < 4.78 is 11.4. The van der Waals surface area contributed by atoms with Crippen molar-refractivity contribution < 1.29 is 14.3 Å². The van der Waals surface area contributed by atoms with Crippen molar-refractivity contribution in [2.45, 2.75) is 19.6 Å². The second kappa shape index (κ2) is 6.22. The van der Waals surface area contributed by atoms with E-state index >= 15 is 0 Å². The molecule has 0 saturated heterocycles. The number of aliphatic hydroxyl groups excluding tert-OH is 1. The number of para-hydroxylation sites is 1. The quantitative estimate of drug-likeness (QED) is 0.767. The molecule has 1 aromatic heterocycles. The van der Waals surface area contributed by atoms with Crippen molar-refractivity contribution in [1.82, 2.24) is 10.4 Å². The van der Waals surface area contributed by atoms with Gasteiger partial charge in [0.15, 0.2) is 5.58 Å². The Morgan fingerprint density at radius 2 is 2.08 bits per heavy atom. The molecule has 25 heavy (non-hydrogen) atoms. The molecular weight excluding hydrogens is 318 g/mol. The average Bonchev–Trinajstić information content (AvgIpc) is 3.04. The standard InChI is InChI=1S/C19H19N3O3/c1-11-9-17(23)21-22-18(11)12-7-8-14-16(10-12)25-19(20-14)13-5-3-4-6-15(13)24-2/h3-8,10-11,17,21,23H,9H2,1-2H3. The van der Waals surface area contributed by atoms with Crippen LogP contribution in [0.25, 0.3) is 22.6 Å². The lowest BCUT2D eigenvalue weighted by molar-refractivity contribution is 0.114. The highest BCUT2D eigenvalue weighted by Gasteiger charge is 2.22. The summed E-state index contributed by atoms with van der Waals surface area (Å²) >= 11 is 0. The van der Waals surface area contributed by atoms with Crippen LogP contribution in [0.15, 0.2) is 52.0 Å². The fourth-order valence-corrected chi connectivity index (χ4v) is 3.12. The third-order valence-corrected chi connectivity index (χ3v) is 4.40. The Labute approximate surface area is 145 Å². The van der Waals surface area contributed by atoms with E-state index in [2.05, 4.69) is 15.5 Å². The Hall–Kier alpha value is -2.86. The molecule has 2 heterocycles. The molecule has 6 heteroatoms. The summed E-state index contributed by atoms with van der Waals surface area (Å²) in [4.78, 5) is 4.57. The first-order chi connectivity index (χ1) is 12.2. The molecule has 3 aromatic rings. The Bertz CT molecular complexity index is 948. The van der Waals surface area contributed by atoms with Crippen LogP contribution in [0.4, 0.5) is 0 Å². The van der Waals surface area contributed by atoms with Crippen LogP contribution in [0.5, 0.6) is 5.75 Å². The monoisotopic (exact) mass is 337 g/mol. The number of hydrogen-bond donors (Lipinski definition) is 2. The number of nitrogens with one attached hydrogen (secondary N) is 1. The molecule has 0 bridgehead atoms. The molecule has 0 spiro atoms. The van der Waals surface area contributed by atoms with E-state index in [-0.39, 0.29) is 5.92 Å². The lowest BCUT2D eigenvalue weighted by Gasteiger charge is -2.24. The van der Waals surface area contributed by atoms with Gasteiger partial charge < -0.3 is 14.3 Å². The largest absolute Gasteiger partial charge is 0.496 e. The van der Waals surface area contributed by atoms with Gasteiger partial charge in [0.25, 0.3) is 0 Å². The van der Waals surface area contributed by atoms with Crippen LogP contribution in [0.3, 0.4) is 0 Å². The van der Waals surface area contributed by atoms with E-state index in [4.69, 9.17) is 9.15 Å². The summed E-state index contributed by atoms with van der Waals surface area (Å²) in [6.07, 6.45) is 0.0321. The number of nitrogens with zero attached hydrogens (tertiary/aromatic N) is 2. The van der Waals surface area contributed by atoms with Gasteiger partial charge in [0.05, 0.1) is 18.4 Å². The van der Waals surface area contributed by atoms with Crippen molar-refractivity contribution in [1.29, 1.82) is 0 Å². The Morgan fingerprint density at radius 1 is 1.24 bits per heavy atom. The highest BCUT2D eigenvalue weighted by atomic mass is 16.5. The van der Waals surface area contributed by atoms with Crippen molar-refractivity contribution in [2.75, 3.05) is 7.11 Å². The molecule has 128 valence electrons. The zero-order chi connectivity index (χ0) is 17.4. The van der Waals surface area contributed by atoms with Gasteiger partial charge in [0.1, 0.15) is 17.5 Å². The molecule has 0 saturated carbocycles. The molecule has 0 amide bonds. The van der Waals surface area contributed by atoms with Crippen molar-refractivity contribution in [2.24, 2.45) is 11.0 Å². The molecule has 2 atom stereocenters. The molecular formula is C19H19N3O3. The number of aliphatic hydroxyl groups is 1. The van der Waals surface area contributed by atoms with Crippen molar-refractivity contribution >= 4 is 16.8 Å². The van der Waals surface area contributed by atoms with Crippen LogP contribution < -0.4 is 10.2 Å². The first-order valence-corrected chi connectivity index (χ1v) is 8.21. The molecule has 2 aromatic carbocycles. The maximum absolute atomic E-state index is 9.64. The van der Waals surface area contributed by atoms with Crippen LogP contribution in [-0.2, 0) is 0 Å². The topological polar surface area (TPSA) is 79.9 Å². The number of hydrogen-bond acceptors (Lipinski definition) is 6. The second-order valence-corrected chi connectivity index (χ2v) is 6.18. The lowest BCUT2D eigenvalue weighted by Crippen LogP contribution is -2.35. The number of methoxy groups -OCH3 is 1. The highest BCUT2D eigenvalue weighted by Crippen LogP contribution is 2.32. The minimum absolute atomic E-state index is 0.158. The molecule has 1 aliphatic rings. The molecule has 6 nitrogen and oxygen atoms in total. The molecule has 4 rings (SSSR count). The van der Waals surface area contributed by atoms with Crippen LogP contribution >= 0.6 is 0 Å². The van der Waals surface area contributed by atoms with Crippen molar-refractivity contribution in [3.63, 3.8) is 0 Å². The van der Waals surface area contributed by atoms with Gasteiger partial charge in [-0.15, -0.1) is 0 Å². The van der Waals surface area contributed by atoms with E-state index in [0.717, 1.165) is 28.1 Å². The molecule has 0 aliphatic carbocycles. The number of oxazole rings is 1. The fraction of sp³-hybridized carbons (Fsp3) is 0.263. The van der Waals surface area contributed by atoms with Gasteiger partial charge in [0, 0.05) is 17.9 Å². The van der Waals surface area contributed by atoms with Gasteiger partial charge in [-0.1, -0.05) is 25.1 Å². The second-order valence-electron chi connectivity index (χ2n) is 6.18. The average molecular weight is 337 g/mol. The Morgan fingerprint density at radius 3 is 2.88 bits per heavy atom. The minimum atomic E-state index is -0.593. The van der Waals surface area contributed by atoms with Gasteiger partial charge >= 0.3 is 0 Å². The van der Waals surface area contributed by atoms with Gasteiger partial charge in [-0.2, -0.15) is 5.10 Å². The van der Waals surface area contributed by atoms with Gasteiger partial charge in [-0.25, -0.2) is 4.98 Å². The fourth-order valence-electron chi connectivity index (χ4n) is 3.12. The van der Waals surface area contributed by atoms with Crippen LogP contribution in [0.2, 0.25) is 0 Å². The lowest BCUT2D eigenvalue weighted by atomic mass is 9.93. The summed E-state index contributed by atoms with van der Waals surface area (Å²) in [7, 11) is 1.63. The Balaban J connectivity index is 1.75. The summed E-state index contributed by atoms with van der Waals surface area (Å²) in [5, 5.41) is 13.9. The van der Waals surface area contributed by atoms with Gasteiger partial charge in [0.2, 0.25) is 5.89 Å². The van der Waals surface area contributed by atoms with Crippen LogP contribution in [0, 0.1) is 5.92 Å². The maximum Gasteiger partial charge on any atom is 0.231 e. The first-order valence-electron chi connectivity index (χ1n) is 8.21. The molecule has 2 unspecified atom stereocenters. The summed E-state index contributed by atoms with van der Waals surface area (Å²) in [5.74, 6) is 1.40. The summed E-state index contributed by atoms with van der Waals surface area (Å²) in [6, 6.07) is 13.5. The molecule has 0 fully saturated rings. The van der Waals surface area contributed by atoms with E-state index < -0.39 is 6.23 Å². The van der Waals surface area contributed by atoms with Crippen LogP contribution in [0.1, 0.15) is 18.9 Å². The maximum atomic E-state index is 9.64. The SMILES string of the molecule is COc1ccccc1-c1nc2ccc(C3=NNC(O)CC3C)cc2o1. The number of rotatable bonds is 3. The number of benzene rings is 2. The normalized spacial score (nSPS) is 20.2. The van der Waals surface area contributed by atoms with E-state index in [1.165, 1.54) is 0 Å². The summed E-state index contributed by atoms with van der Waals surface area (Å²) in [6.45, 7) is 2.05. The zero-order valence-corrected chi connectivity index (χ0v) is 14.1. The highest BCUT2D eigenvalue weighted by molar-refractivity contribution is 6.04. The van der Waals surface area contributed by atoms with Crippen molar-refractivity contribution in [3.05, 3.63) is 48.0 Å². The molecule has 1 aliphatic heterocycles. The Kier molecular flexibility index (Phi) is 3.89. The minimum Gasteiger partial charge on any atom is -0.496 e. The zero-order valence-electron chi connectivity index (χ0n) is 14.1. The smallest absolute Gasteiger partial charge is 0.231 e. The number of ether oxygens (including phenoxy) is 1. The number of aromatic nitrogens is 1. The van der Waals surface area contributed by atoms with E-state index in [1.807, 2.05) is 49.4 Å². The molecule has 2 N–H and O–H groups in total. The first kappa shape index (κ1) is 15.7. The van der Waals surface area contributed by atoms with Crippen molar-refractivity contribution in [3.8, 4) is 17.2 Å². The third-order valence-electron chi connectivity index (χ3n) is 4.40. The predicted octanol–water partition coefficient (Wildman–Crippen LogP) is 3.16. The predicted molar refractivity (Wildman–Crippen MR) is 95.5 cm³/mol. The van der Waals surface area contributed by atoms with Crippen LogP contribution in [-0.4, -0.2) is 29.1 Å². The van der Waals surface area contributed by atoms with E-state index in [1.54, 1.807) is 7.11 Å². The van der Waals surface area contributed by atoms with Gasteiger partial charge in [-0.05, 0) is 24.3 Å². The molecule has 0 radical (unpaired) electrons. The summed E-state index contributed by atoms with van der Waals surface area (Å²) in [5.41, 5.74) is 6.89. The number of fused-ring (bicyclic) bond motifs is 1. The van der Waals surface area contributed by atoms with E-state index in [0.29, 0.717) is 17.9 Å². The van der Waals surface area contributed by atoms with Gasteiger partial charge in [-0.3, -0.25) is 5.43 Å².